The molecule has 0 fully saturated rings. The summed E-state index contributed by atoms with van der Waals surface area (Å²) < 4.78 is 7.82. The van der Waals surface area contributed by atoms with Crippen molar-refractivity contribution >= 4 is 17.3 Å². The van der Waals surface area contributed by atoms with Crippen LogP contribution in [0.2, 0.25) is 0 Å². The topological polar surface area (TPSA) is 39.4 Å². The van der Waals surface area contributed by atoms with E-state index in [1.165, 1.54) is 47.1 Å². The van der Waals surface area contributed by atoms with Crippen LogP contribution in [0.15, 0.2) is 87.4 Å². The number of halogens is 1. The van der Waals surface area contributed by atoms with Gasteiger partial charge in [0, 0.05) is 36.9 Å². The molecule has 0 aliphatic heterocycles. The highest BCUT2D eigenvalue weighted by Gasteiger charge is 2.33. The Kier molecular flexibility index (Phi) is 10.7. The van der Waals surface area contributed by atoms with Gasteiger partial charge in [0.1, 0.15) is 5.69 Å². The van der Waals surface area contributed by atoms with Crippen LogP contribution < -0.4 is 0 Å². The second kappa shape index (κ2) is 14.0. The number of imidazole rings is 1. The highest BCUT2D eigenvalue weighted by molar-refractivity contribution is 6.21. The van der Waals surface area contributed by atoms with Crippen molar-refractivity contribution in [2.24, 2.45) is 16.3 Å². The van der Waals surface area contributed by atoms with Gasteiger partial charge < -0.3 is 9.30 Å². The first-order chi connectivity index (χ1) is 19.6. The average Bonchev–Trinajstić information content (AvgIpc) is 3.17. The number of nitrogens with zero attached hydrogens (tertiary/aromatic N) is 3. The van der Waals surface area contributed by atoms with Gasteiger partial charge in [-0.3, -0.25) is 4.99 Å². The molecule has 3 aliphatic carbocycles. The molecular weight excluding hydrogens is 526 g/mol. The quantitative estimate of drug-likeness (QED) is 0.128. The summed E-state index contributed by atoms with van der Waals surface area (Å²) in [6, 6.07) is 0. The number of allylic oxidation sites excluding steroid dienone is 9. The molecule has 41 heavy (non-hydrogen) atoms. The molecule has 0 radical (unpaired) electrons. The normalized spacial score (nSPS) is 27.0. The first kappa shape index (κ1) is 31.3. The monoisotopic (exact) mass is 573 g/mol. The Labute approximate surface area is 253 Å². The molecule has 0 amide bonds. The van der Waals surface area contributed by atoms with E-state index in [0.29, 0.717) is 12.5 Å². The van der Waals surface area contributed by atoms with Crippen molar-refractivity contribution in [2.45, 2.75) is 91.5 Å². The molecule has 0 spiro atoms. The predicted molar refractivity (Wildman–Crippen MR) is 174 cm³/mol. The standard InChI is InChI=1S/C36H48ClN3O/c1-25(2)21-38-27(4)35-28(5)40(24-39-35)22-31-19-32(36(6)16-10-13-33(37)20-36)17-26(3)18-34(31)30-12-9-8-11-29(14-15-30)23-41-7/h10,13,15,18-19,24,29,33H,1,8-9,11-12,14,16,20-23H2,2-7H3/b30-15-,38-27?/t29-,33?,36?/m0/s1. The van der Waals surface area contributed by atoms with Gasteiger partial charge in [-0.15, -0.1) is 17.3 Å². The fourth-order valence-electron chi connectivity index (χ4n) is 6.26. The number of alkyl halides is 1. The molecule has 220 valence electrons. The zero-order chi connectivity index (χ0) is 29.6. The van der Waals surface area contributed by atoms with Crippen molar-refractivity contribution in [3.8, 4) is 0 Å². The van der Waals surface area contributed by atoms with Crippen LogP contribution in [-0.4, -0.2) is 40.9 Å². The van der Waals surface area contributed by atoms with Crippen LogP contribution in [0.5, 0.6) is 0 Å². The van der Waals surface area contributed by atoms with E-state index in [0.717, 1.165) is 61.5 Å². The lowest BCUT2D eigenvalue weighted by Gasteiger charge is -2.33. The minimum absolute atomic E-state index is 0.0434. The minimum Gasteiger partial charge on any atom is -0.384 e. The van der Waals surface area contributed by atoms with E-state index in [1.54, 1.807) is 0 Å². The predicted octanol–water partition coefficient (Wildman–Crippen LogP) is 9.03. The number of rotatable bonds is 9. The first-order valence-electron chi connectivity index (χ1n) is 15.2. The van der Waals surface area contributed by atoms with Gasteiger partial charge in [0.25, 0.3) is 0 Å². The van der Waals surface area contributed by atoms with Gasteiger partial charge in [-0.2, -0.15) is 0 Å². The molecule has 0 bridgehead atoms. The van der Waals surface area contributed by atoms with Crippen molar-refractivity contribution < 1.29 is 4.74 Å². The minimum atomic E-state index is -0.0588. The van der Waals surface area contributed by atoms with Gasteiger partial charge in [-0.25, -0.2) is 4.98 Å². The van der Waals surface area contributed by atoms with Gasteiger partial charge >= 0.3 is 0 Å². The summed E-state index contributed by atoms with van der Waals surface area (Å²) in [5.41, 5.74) is 14.3. The van der Waals surface area contributed by atoms with Crippen LogP contribution in [0.1, 0.15) is 84.0 Å². The zero-order valence-corrected chi connectivity index (χ0v) is 26.8. The third kappa shape index (κ3) is 8.01. The molecule has 4 rings (SSSR count). The number of ether oxygens (including phenoxy) is 1. The molecule has 3 atom stereocenters. The summed E-state index contributed by atoms with van der Waals surface area (Å²) in [5, 5.41) is 0.0434. The van der Waals surface area contributed by atoms with Crippen LogP contribution >= 0.6 is 11.6 Å². The van der Waals surface area contributed by atoms with Crippen molar-refractivity contribution in [2.75, 3.05) is 20.3 Å². The van der Waals surface area contributed by atoms with Crippen LogP contribution in [-0.2, 0) is 11.3 Å². The Morgan fingerprint density at radius 2 is 2.07 bits per heavy atom. The lowest BCUT2D eigenvalue weighted by molar-refractivity contribution is 0.146. The van der Waals surface area contributed by atoms with Crippen molar-refractivity contribution in [1.82, 2.24) is 9.55 Å². The summed E-state index contributed by atoms with van der Waals surface area (Å²) in [4.78, 5) is 9.52. The summed E-state index contributed by atoms with van der Waals surface area (Å²) in [7, 11) is 1.82. The van der Waals surface area contributed by atoms with Crippen molar-refractivity contribution in [3.05, 3.63) is 93.8 Å². The summed E-state index contributed by atoms with van der Waals surface area (Å²) >= 11 is 6.67. The van der Waals surface area contributed by atoms with E-state index in [2.05, 4.69) is 68.0 Å². The summed E-state index contributed by atoms with van der Waals surface area (Å²) in [6.45, 7) is 16.9. The maximum Gasteiger partial charge on any atom is 0.105 e. The molecule has 2 unspecified atom stereocenters. The lowest BCUT2D eigenvalue weighted by atomic mass is 9.72. The smallest absolute Gasteiger partial charge is 0.105 e. The van der Waals surface area contributed by atoms with E-state index in [-0.39, 0.29) is 10.8 Å². The molecule has 0 aromatic carbocycles. The average molecular weight is 574 g/mol. The third-order valence-electron chi connectivity index (χ3n) is 8.69. The number of hydrogen-bond donors (Lipinski definition) is 0. The third-order valence-corrected chi connectivity index (χ3v) is 8.99. The molecule has 0 N–H and O–H groups in total. The van der Waals surface area contributed by atoms with Gasteiger partial charge in [-0.05, 0) is 107 Å². The zero-order valence-electron chi connectivity index (χ0n) is 26.0. The Bertz CT molecular complexity index is 1360. The van der Waals surface area contributed by atoms with Crippen LogP contribution in [0.25, 0.3) is 0 Å². The molecule has 4 nitrogen and oxygen atoms in total. The Morgan fingerprint density at radius 3 is 2.80 bits per heavy atom. The molecule has 0 saturated heterocycles. The molecule has 1 aromatic rings. The Hall–Kier alpha value is -2.65. The van der Waals surface area contributed by atoms with Crippen LogP contribution in [0, 0.1) is 18.3 Å². The maximum absolute atomic E-state index is 6.67. The van der Waals surface area contributed by atoms with Crippen LogP contribution in [0.4, 0.5) is 0 Å². The fourth-order valence-corrected chi connectivity index (χ4v) is 6.70. The molecular formula is C36H48ClN3O. The molecule has 3 aliphatic rings. The highest BCUT2D eigenvalue weighted by Crippen LogP contribution is 2.44. The van der Waals surface area contributed by atoms with Crippen LogP contribution in [0.3, 0.4) is 0 Å². The second-order valence-electron chi connectivity index (χ2n) is 12.6. The van der Waals surface area contributed by atoms with E-state index >= 15 is 0 Å². The number of hydrogen-bond acceptors (Lipinski definition) is 3. The largest absolute Gasteiger partial charge is 0.384 e. The van der Waals surface area contributed by atoms with E-state index in [1.807, 2.05) is 27.3 Å². The number of aliphatic imine (C=N–C) groups is 1. The maximum atomic E-state index is 6.67. The lowest BCUT2D eigenvalue weighted by Crippen LogP contribution is -2.25. The first-order valence-corrected chi connectivity index (χ1v) is 15.6. The fraction of sp³-hybridized carbons (Fsp3) is 0.528. The molecule has 1 heterocycles. The molecule has 5 heteroatoms. The number of methoxy groups -OCH3 is 1. The van der Waals surface area contributed by atoms with Gasteiger partial charge in [0.05, 0.1) is 24.0 Å². The second-order valence-corrected chi connectivity index (χ2v) is 13.1. The Balaban J connectivity index is 1.76. The summed E-state index contributed by atoms with van der Waals surface area (Å²) in [6.07, 6.45) is 21.3. The molecule has 0 saturated carbocycles. The van der Waals surface area contributed by atoms with Gasteiger partial charge in [0.15, 0.2) is 0 Å². The Morgan fingerprint density at radius 1 is 1.27 bits per heavy atom. The van der Waals surface area contributed by atoms with Crippen molar-refractivity contribution in [1.29, 1.82) is 0 Å². The summed E-state index contributed by atoms with van der Waals surface area (Å²) in [5.74, 6) is 0.577. The highest BCUT2D eigenvalue weighted by atomic mass is 35.5. The van der Waals surface area contributed by atoms with E-state index in [9.17, 15) is 0 Å². The number of aromatic nitrogens is 2. The van der Waals surface area contributed by atoms with E-state index in [4.69, 9.17) is 26.3 Å². The van der Waals surface area contributed by atoms with E-state index < -0.39 is 0 Å². The van der Waals surface area contributed by atoms with Gasteiger partial charge in [-0.1, -0.05) is 43.7 Å². The van der Waals surface area contributed by atoms with Crippen molar-refractivity contribution in [3.63, 3.8) is 0 Å². The van der Waals surface area contributed by atoms with Gasteiger partial charge in [0.2, 0.25) is 0 Å². The molecule has 1 aromatic heterocycles. The SMILES string of the molecule is C=C(C)CN=C(C)c1ncn(CC2=CC(C3(C)CC=CC(Cl)C3)=C=C(C)C=C2/C2=C\C[C@@H](COC)CCCC2)c1C.